The molecule has 0 bridgehead atoms. The van der Waals surface area contributed by atoms with E-state index in [-0.39, 0.29) is 12.0 Å². The van der Waals surface area contributed by atoms with Crippen LogP contribution in [0.1, 0.15) is 23.8 Å². The summed E-state index contributed by atoms with van der Waals surface area (Å²) in [5.41, 5.74) is 1.16. The summed E-state index contributed by atoms with van der Waals surface area (Å²) in [7, 11) is 1.63. The number of carbonyl (C=O) groups excluding carboxylic acids is 1. The molecule has 2 aromatic heterocycles. The molecule has 1 amide bonds. The van der Waals surface area contributed by atoms with Gasteiger partial charge in [-0.05, 0) is 18.1 Å². The number of hydrogen-bond acceptors (Lipinski definition) is 7. The highest BCUT2D eigenvalue weighted by molar-refractivity contribution is 7.15. The Bertz CT molecular complexity index is 737. The van der Waals surface area contributed by atoms with Gasteiger partial charge in [0.25, 0.3) is 0 Å². The van der Waals surface area contributed by atoms with Crippen LogP contribution in [-0.2, 0) is 22.5 Å². The molecule has 1 saturated heterocycles. The molecule has 8 heteroatoms. The molecule has 1 fully saturated rings. The molecule has 0 radical (unpaired) electrons. The monoisotopic (exact) mass is 376 g/mol. The van der Waals surface area contributed by atoms with Crippen molar-refractivity contribution in [2.75, 3.05) is 32.1 Å². The summed E-state index contributed by atoms with van der Waals surface area (Å²) in [6.45, 7) is 4.92. The van der Waals surface area contributed by atoms with Gasteiger partial charge in [-0.15, -0.1) is 11.3 Å². The van der Waals surface area contributed by atoms with E-state index in [1.807, 2.05) is 18.3 Å². The van der Waals surface area contributed by atoms with Crippen molar-refractivity contribution in [2.24, 2.45) is 0 Å². The number of nitrogens with zero attached hydrogens (tertiary/aromatic N) is 3. The Balaban J connectivity index is 1.59. The van der Waals surface area contributed by atoms with Gasteiger partial charge in [0.05, 0.1) is 13.2 Å². The summed E-state index contributed by atoms with van der Waals surface area (Å²) in [6.07, 6.45) is 5.57. The van der Waals surface area contributed by atoms with Crippen LogP contribution in [0.4, 0.5) is 5.13 Å². The van der Waals surface area contributed by atoms with Crippen LogP contribution < -0.4 is 10.1 Å². The van der Waals surface area contributed by atoms with Crippen molar-refractivity contribution in [3.05, 3.63) is 35.0 Å². The van der Waals surface area contributed by atoms with Crippen molar-refractivity contribution in [1.29, 1.82) is 0 Å². The molecule has 26 heavy (non-hydrogen) atoms. The zero-order chi connectivity index (χ0) is 18.4. The molecule has 1 aliphatic rings. The third-order valence-corrected chi connectivity index (χ3v) is 5.02. The molecule has 0 unspecified atom stereocenters. The molecule has 0 saturated carbocycles. The summed E-state index contributed by atoms with van der Waals surface area (Å²) in [5.74, 6) is 0.532. The summed E-state index contributed by atoms with van der Waals surface area (Å²) >= 11 is 1.52. The first-order valence-electron chi connectivity index (χ1n) is 8.67. The minimum Gasteiger partial charge on any atom is -0.481 e. The number of carbonyl (C=O) groups is 1. The first kappa shape index (κ1) is 18.8. The highest BCUT2D eigenvalue weighted by atomic mass is 32.1. The molecule has 140 valence electrons. The Morgan fingerprint density at radius 1 is 1.50 bits per heavy atom. The van der Waals surface area contributed by atoms with Crippen molar-refractivity contribution in [3.63, 3.8) is 0 Å². The maximum absolute atomic E-state index is 11.1. The Hall–Kier alpha value is -2.03. The second-order valence-corrected chi connectivity index (χ2v) is 7.42. The largest absolute Gasteiger partial charge is 0.481 e. The van der Waals surface area contributed by atoms with E-state index in [1.165, 1.54) is 18.3 Å². The second kappa shape index (κ2) is 9.07. The second-order valence-electron chi connectivity index (χ2n) is 6.30. The minimum atomic E-state index is -0.0954. The van der Waals surface area contributed by atoms with Crippen LogP contribution in [0.25, 0.3) is 0 Å². The zero-order valence-corrected chi connectivity index (χ0v) is 15.9. The third-order valence-electron chi connectivity index (χ3n) is 4.12. The van der Waals surface area contributed by atoms with E-state index in [2.05, 4.69) is 20.2 Å². The Morgan fingerprint density at radius 3 is 3.19 bits per heavy atom. The van der Waals surface area contributed by atoms with Gasteiger partial charge in [-0.1, -0.05) is 0 Å². The SMILES string of the molecule is COc1cc(C[C@@H]2CN(Cc3cnc(NC(C)=O)s3)CCCO2)ccn1. The number of aromatic nitrogens is 2. The fourth-order valence-corrected chi connectivity index (χ4v) is 3.90. The van der Waals surface area contributed by atoms with Gasteiger partial charge in [0.1, 0.15) is 0 Å². The number of amides is 1. The Labute approximate surface area is 157 Å². The van der Waals surface area contributed by atoms with Gasteiger partial charge in [0.2, 0.25) is 11.8 Å². The normalized spacial score (nSPS) is 18.3. The summed E-state index contributed by atoms with van der Waals surface area (Å²) < 4.78 is 11.2. The average molecular weight is 376 g/mol. The van der Waals surface area contributed by atoms with Crippen LogP contribution in [0.2, 0.25) is 0 Å². The van der Waals surface area contributed by atoms with Gasteiger partial charge in [0, 0.05) is 62.9 Å². The number of rotatable bonds is 6. The Kier molecular flexibility index (Phi) is 6.54. The van der Waals surface area contributed by atoms with Crippen molar-refractivity contribution in [1.82, 2.24) is 14.9 Å². The number of hydrogen-bond donors (Lipinski definition) is 1. The van der Waals surface area contributed by atoms with E-state index < -0.39 is 0 Å². The highest BCUT2D eigenvalue weighted by Crippen LogP contribution is 2.21. The molecule has 0 aliphatic carbocycles. The van der Waals surface area contributed by atoms with Crippen molar-refractivity contribution in [3.8, 4) is 5.88 Å². The summed E-state index contributed by atoms with van der Waals surface area (Å²) in [5, 5.41) is 3.39. The number of thiazole rings is 1. The van der Waals surface area contributed by atoms with Gasteiger partial charge >= 0.3 is 0 Å². The predicted octanol–water partition coefficient (Wildman–Crippen LogP) is 2.34. The van der Waals surface area contributed by atoms with Crippen LogP contribution >= 0.6 is 11.3 Å². The number of methoxy groups -OCH3 is 1. The standard InChI is InChI=1S/C18H24N4O3S/c1-13(23)21-18-20-10-16(26-18)12-22-6-3-7-25-15(11-22)8-14-4-5-19-17(9-14)24-2/h4-5,9-10,15H,3,6-8,11-12H2,1-2H3,(H,20,21,23)/t15-/m1/s1. The smallest absolute Gasteiger partial charge is 0.223 e. The van der Waals surface area contributed by atoms with Gasteiger partial charge in [0.15, 0.2) is 5.13 Å². The zero-order valence-electron chi connectivity index (χ0n) is 15.1. The summed E-state index contributed by atoms with van der Waals surface area (Å²) in [6, 6.07) is 3.96. The predicted molar refractivity (Wildman–Crippen MR) is 101 cm³/mol. The van der Waals surface area contributed by atoms with Gasteiger partial charge in [-0.3, -0.25) is 9.69 Å². The van der Waals surface area contributed by atoms with E-state index >= 15 is 0 Å². The first-order valence-corrected chi connectivity index (χ1v) is 9.49. The van der Waals surface area contributed by atoms with Gasteiger partial charge in [-0.2, -0.15) is 0 Å². The van der Waals surface area contributed by atoms with E-state index in [4.69, 9.17) is 9.47 Å². The fourth-order valence-electron chi connectivity index (χ4n) is 3.00. The molecule has 1 atom stereocenters. The number of nitrogens with one attached hydrogen (secondary N) is 1. The van der Waals surface area contributed by atoms with Crippen LogP contribution in [0, 0.1) is 0 Å². The van der Waals surface area contributed by atoms with Gasteiger partial charge < -0.3 is 14.8 Å². The molecule has 1 aliphatic heterocycles. The minimum absolute atomic E-state index is 0.0954. The summed E-state index contributed by atoms with van der Waals surface area (Å²) in [4.78, 5) is 23.1. The lowest BCUT2D eigenvalue weighted by atomic mass is 10.1. The van der Waals surface area contributed by atoms with E-state index in [0.717, 1.165) is 49.5 Å². The number of anilines is 1. The van der Waals surface area contributed by atoms with Gasteiger partial charge in [-0.25, -0.2) is 9.97 Å². The lowest BCUT2D eigenvalue weighted by Crippen LogP contribution is -2.32. The molecular formula is C18H24N4O3S. The first-order chi connectivity index (χ1) is 12.6. The average Bonchev–Trinajstić information content (AvgIpc) is 2.92. The molecular weight excluding hydrogens is 352 g/mol. The molecule has 3 heterocycles. The van der Waals surface area contributed by atoms with E-state index in [1.54, 1.807) is 13.3 Å². The lowest BCUT2D eigenvalue weighted by molar-refractivity contribution is -0.114. The maximum atomic E-state index is 11.1. The van der Waals surface area contributed by atoms with Crippen LogP contribution in [0.3, 0.4) is 0 Å². The van der Waals surface area contributed by atoms with E-state index in [0.29, 0.717) is 11.0 Å². The van der Waals surface area contributed by atoms with Crippen molar-refractivity contribution in [2.45, 2.75) is 32.4 Å². The number of ether oxygens (including phenoxy) is 2. The molecule has 2 aromatic rings. The third kappa shape index (κ3) is 5.48. The molecule has 0 spiro atoms. The van der Waals surface area contributed by atoms with Crippen molar-refractivity contribution >= 4 is 22.4 Å². The Morgan fingerprint density at radius 2 is 2.38 bits per heavy atom. The molecule has 0 aromatic carbocycles. The van der Waals surface area contributed by atoms with Crippen LogP contribution in [-0.4, -0.2) is 53.7 Å². The topological polar surface area (TPSA) is 76.6 Å². The van der Waals surface area contributed by atoms with Crippen molar-refractivity contribution < 1.29 is 14.3 Å². The van der Waals surface area contributed by atoms with E-state index in [9.17, 15) is 4.79 Å². The highest BCUT2D eigenvalue weighted by Gasteiger charge is 2.20. The van der Waals surface area contributed by atoms with Crippen LogP contribution in [0.5, 0.6) is 5.88 Å². The number of pyridine rings is 1. The molecule has 1 N–H and O–H groups in total. The molecule has 7 nitrogen and oxygen atoms in total. The molecule has 3 rings (SSSR count). The quantitative estimate of drug-likeness (QED) is 0.834. The maximum Gasteiger partial charge on any atom is 0.223 e. The fraction of sp³-hybridized carbons (Fsp3) is 0.500. The van der Waals surface area contributed by atoms with Crippen LogP contribution in [0.15, 0.2) is 24.5 Å². The lowest BCUT2D eigenvalue weighted by Gasteiger charge is -2.23.